The molecule has 2 rings (SSSR count). The first kappa shape index (κ1) is 12.3. The van der Waals surface area contributed by atoms with Crippen molar-refractivity contribution < 1.29 is 4.39 Å². The van der Waals surface area contributed by atoms with Crippen LogP contribution in [0, 0.1) is 19.7 Å². The molecule has 0 saturated heterocycles. The van der Waals surface area contributed by atoms with Gasteiger partial charge in [0.05, 0.1) is 11.6 Å². The highest BCUT2D eigenvalue weighted by Crippen LogP contribution is 2.22. The molecule has 2 aromatic rings. The van der Waals surface area contributed by atoms with Crippen LogP contribution in [0.3, 0.4) is 0 Å². The lowest BCUT2D eigenvalue weighted by Crippen LogP contribution is -2.02. The molecule has 2 nitrogen and oxygen atoms in total. The Labute approximate surface area is 108 Å². The van der Waals surface area contributed by atoms with Gasteiger partial charge in [-0.1, -0.05) is 11.6 Å². The lowest BCUT2D eigenvalue weighted by atomic mass is 10.3. The van der Waals surface area contributed by atoms with E-state index in [2.05, 4.69) is 30.2 Å². The van der Waals surface area contributed by atoms with E-state index in [9.17, 15) is 4.39 Å². The van der Waals surface area contributed by atoms with E-state index in [1.54, 1.807) is 11.3 Å². The Morgan fingerprint density at radius 3 is 2.76 bits per heavy atom. The van der Waals surface area contributed by atoms with E-state index in [0.29, 0.717) is 11.6 Å². The number of rotatable bonds is 3. The van der Waals surface area contributed by atoms with Crippen molar-refractivity contribution in [2.24, 2.45) is 0 Å². The van der Waals surface area contributed by atoms with E-state index in [0.717, 1.165) is 4.88 Å². The second kappa shape index (κ2) is 5.02. The molecule has 0 aliphatic rings. The molecule has 1 N–H and O–H groups in total. The summed E-state index contributed by atoms with van der Waals surface area (Å²) in [6, 6.07) is 3.35. The van der Waals surface area contributed by atoms with E-state index in [1.807, 2.05) is 0 Å². The summed E-state index contributed by atoms with van der Waals surface area (Å²) < 4.78 is 13.4. The first-order chi connectivity index (χ1) is 8.06. The quantitative estimate of drug-likeness (QED) is 0.906. The minimum atomic E-state index is -0.428. The molecule has 0 aromatic carbocycles. The Balaban J connectivity index is 2.07. The highest BCUT2D eigenvalue weighted by atomic mass is 35.5. The minimum Gasteiger partial charge on any atom is -0.363 e. The maximum atomic E-state index is 13.4. The second-order valence-corrected chi connectivity index (χ2v) is 5.57. The Morgan fingerprint density at radius 2 is 2.18 bits per heavy atom. The number of pyridine rings is 1. The fraction of sp³-hybridized carbons (Fsp3) is 0.250. The third-order valence-corrected chi connectivity index (χ3v) is 3.81. The summed E-state index contributed by atoms with van der Waals surface area (Å²) in [5.41, 5.74) is 1.26. The molecular weight excluding hydrogens is 259 g/mol. The number of aromatic nitrogens is 1. The summed E-state index contributed by atoms with van der Waals surface area (Å²) in [6.45, 7) is 4.71. The number of hydrogen-bond donors (Lipinski definition) is 1. The fourth-order valence-corrected chi connectivity index (χ4v) is 2.59. The van der Waals surface area contributed by atoms with Gasteiger partial charge in [-0.25, -0.2) is 9.37 Å². The molecule has 0 atom stereocenters. The van der Waals surface area contributed by atoms with E-state index >= 15 is 0 Å². The summed E-state index contributed by atoms with van der Waals surface area (Å²) in [7, 11) is 0. The van der Waals surface area contributed by atoms with Crippen molar-refractivity contribution in [1.29, 1.82) is 0 Å². The average Bonchev–Trinajstić information content (AvgIpc) is 2.57. The van der Waals surface area contributed by atoms with Crippen LogP contribution in [0.25, 0.3) is 0 Å². The lowest BCUT2D eigenvalue weighted by molar-refractivity contribution is 0.624. The number of thiophene rings is 1. The molecule has 2 heterocycles. The molecule has 17 heavy (non-hydrogen) atoms. The predicted molar refractivity (Wildman–Crippen MR) is 70.3 cm³/mol. The van der Waals surface area contributed by atoms with Gasteiger partial charge in [0.2, 0.25) is 0 Å². The molecule has 0 saturated carbocycles. The molecule has 0 spiro atoms. The summed E-state index contributed by atoms with van der Waals surface area (Å²) in [5.74, 6) is -0.194. The zero-order valence-electron chi connectivity index (χ0n) is 9.55. The summed E-state index contributed by atoms with van der Waals surface area (Å²) in [5, 5.41) is 3.26. The Morgan fingerprint density at radius 1 is 1.41 bits per heavy atom. The van der Waals surface area contributed by atoms with Crippen LogP contribution in [0.2, 0.25) is 5.02 Å². The molecule has 2 aromatic heterocycles. The SMILES string of the molecule is Cc1cc(CNc2ncc(Cl)cc2F)sc1C. The van der Waals surface area contributed by atoms with Gasteiger partial charge in [-0.2, -0.15) is 0 Å². The molecule has 5 heteroatoms. The fourth-order valence-electron chi connectivity index (χ4n) is 1.45. The molecular formula is C12H12ClFN2S. The number of nitrogens with one attached hydrogen (secondary N) is 1. The summed E-state index contributed by atoms with van der Waals surface area (Å²) >= 11 is 7.33. The van der Waals surface area contributed by atoms with Gasteiger partial charge in [-0.15, -0.1) is 11.3 Å². The normalized spacial score (nSPS) is 10.6. The van der Waals surface area contributed by atoms with Crippen LogP contribution >= 0.6 is 22.9 Å². The molecule has 0 bridgehead atoms. The molecule has 90 valence electrons. The molecule has 0 aliphatic heterocycles. The smallest absolute Gasteiger partial charge is 0.166 e. The van der Waals surface area contributed by atoms with Gasteiger partial charge < -0.3 is 5.32 Å². The minimum absolute atomic E-state index is 0.234. The number of hydrogen-bond acceptors (Lipinski definition) is 3. The van der Waals surface area contributed by atoms with Gasteiger partial charge in [0, 0.05) is 16.0 Å². The van der Waals surface area contributed by atoms with Gasteiger partial charge in [0.25, 0.3) is 0 Å². The standard InChI is InChI=1S/C12H12ClFN2S/c1-7-3-10(17-8(7)2)6-16-12-11(14)4-9(13)5-15-12/h3-5H,6H2,1-2H3,(H,15,16). The first-order valence-corrected chi connectivity index (χ1v) is 6.36. The van der Waals surface area contributed by atoms with Crippen LogP contribution in [0.5, 0.6) is 0 Å². The van der Waals surface area contributed by atoms with Crippen LogP contribution in [-0.2, 0) is 6.54 Å². The maximum Gasteiger partial charge on any atom is 0.166 e. The first-order valence-electron chi connectivity index (χ1n) is 5.17. The zero-order valence-corrected chi connectivity index (χ0v) is 11.1. The molecule has 0 unspecified atom stereocenters. The van der Waals surface area contributed by atoms with Crippen molar-refractivity contribution in [2.75, 3.05) is 5.32 Å². The predicted octanol–water partition coefficient (Wildman–Crippen LogP) is 4.16. The Hall–Kier alpha value is -1.13. The van der Waals surface area contributed by atoms with Gasteiger partial charge in [0.15, 0.2) is 11.6 Å². The average molecular weight is 271 g/mol. The highest BCUT2D eigenvalue weighted by Gasteiger charge is 2.06. The molecule has 0 radical (unpaired) electrons. The van der Waals surface area contributed by atoms with Gasteiger partial charge in [-0.05, 0) is 31.5 Å². The van der Waals surface area contributed by atoms with Gasteiger partial charge in [0.1, 0.15) is 0 Å². The van der Waals surface area contributed by atoms with E-state index < -0.39 is 5.82 Å². The van der Waals surface area contributed by atoms with Crippen molar-refractivity contribution in [3.8, 4) is 0 Å². The van der Waals surface area contributed by atoms with Gasteiger partial charge >= 0.3 is 0 Å². The second-order valence-electron chi connectivity index (χ2n) is 3.79. The number of nitrogens with zero attached hydrogens (tertiary/aromatic N) is 1. The Bertz CT molecular complexity index is 520. The summed E-state index contributed by atoms with van der Waals surface area (Å²) in [4.78, 5) is 6.36. The maximum absolute atomic E-state index is 13.4. The van der Waals surface area contributed by atoms with E-state index in [-0.39, 0.29) is 5.82 Å². The third kappa shape index (κ3) is 2.96. The van der Waals surface area contributed by atoms with Crippen LogP contribution in [0.4, 0.5) is 10.2 Å². The highest BCUT2D eigenvalue weighted by molar-refractivity contribution is 7.12. The van der Waals surface area contributed by atoms with E-state index in [4.69, 9.17) is 11.6 Å². The van der Waals surface area contributed by atoms with Crippen molar-refractivity contribution in [1.82, 2.24) is 4.98 Å². The van der Waals surface area contributed by atoms with Crippen molar-refractivity contribution >= 4 is 28.8 Å². The summed E-state index contributed by atoms with van der Waals surface area (Å²) in [6.07, 6.45) is 1.43. The van der Waals surface area contributed by atoms with Crippen molar-refractivity contribution in [2.45, 2.75) is 20.4 Å². The van der Waals surface area contributed by atoms with Crippen LogP contribution < -0.4 is 5.32 Å². The van der Waals surface area contributed by atoms with E-state index in [1.165, 1.54) is 22.7 Å². The van der Waals surface area contributed by atoms with Crippen molar-refractivity contribution in [3.05, 3.63) is 44.5 Å². The largest absolute Gasteiger partial charge is 0.363 e. The molecule has 0 amide bonds. The van der Waals surface area contributed by atoms with Crippen LogP contribution in [0.15, 0.2) is 18.3 Å². The topological polar surface area (TPSA) is 24.9 Å². The number of anilines is 1. The van der Waals surface area contributed by atoms with Gasteiger partial charge in [-0.3, -0.25) is 0 Å². The third-order valence-electron chi connectivity index (χ3n) is 2.45. The van der Waals surface area contributed by atoms with Crippen LogP contribution in [0.1, 0.15) is 15.3 Å². The molecule has 0 fully saturated rings. The zero-order chi connectivity index (χ0) is 12.4. The van der Waals surface area contributed by atoms with Crippen LogP contribution in [-0.4, -0.2) is 4.98 Å². The Kier molecular flexibility index (Phi) is 3.64. The van der Waals surface area contributed by atoms with Crippen molar-refractivity contribution in [3.63, 3.8) is 0 Å². The number of halogens is 2. The number of aryl methyl sites for hydroxylation is 2. The molecule has 0 aliphatic carbocycles. The monoisotopic (exact) mass is 270 g/mol. The lowest BCUT2D eigenvalue weighted by Gasteiger charge is -2.04.